The normalized spacial score (nSPS) is 22.3. The van der Waals surface area contributed by atoms with Crippen LogP contribution in [0.4, 0.5) is 0 Å². The summed E-state index contributed by atoms with van der Waals surface area (Å²) >= 11 is 1.85. The fourth-order valence-corrected chi connectivity index (χ4v) is 6.04. The summed E-state index contributed by atoms with van der Waals surface area (Å²) in [6, 6.07) is 8.76. The van der Waals surface area contributed by atoms with Crippen LogP contribution in [-0.2, 0) is 12.8 Å². The molecule has 178 valence electrons. The van der Waals surface area contributed by atoms with E-state index in [1.807, 2.05) is 24.2 Å². The highest BCUT2D eigenvalue weighted by Gasteiger charge is 2.41. The maximum atomic E-state index is 5.75. The Hall–Kier alpha value is -2.73. The number of hydrogen-bond donors (Lipinski definition) is 1. The lowest BCUT2D eigenvalue weighted by atomic mass is 9.85. The summed E-state index contributed by atoms with van der Waals surface area (Å²) in [6.45, 7) is 2.98. The van der Waals surface area contributed by atoms with Crippen molar-refractivity contribution in [3.8, 4) is 11.5 Å². The molecule has 0 amide bonds. The first-order chi connectivity index (χ1) is 16.7. The van der Waals surface area contributed by atoms with Crippen molar-refractivity contribution in [2.75, 3.05) is 26.5 Å². The van der Waals surface area contributed by atoms with E-state index in [2.05, 4.69) is 47.6 Å². The van der Waals surface area contributed by atoms with E-state index in [9.17, 15) is 0 Å². The molecular weight excluding hydrogens is 442 g/mol. The Labute approximate surface area is 206 Å². The molecule has 2 atom stereocenters. The number of methoxy groups -OCH3 is 2. The Bertz CT molecular complexity index is 1140. The molecule has 1 N–H and O–H groups in total. The van der Waals surface area contributed by atoms with Crippen LogP contribution in [0.5, 0.6) is 11.5 Å². The van der Waals surface area contributed by atoms with Crippen LogP contribution < -0.4 is 14.8 Å². The van der Waals surface area contributed by atoms with Gasteiger partial charge < -0.3 is 14.8 Å². The number of aryl methyl sites for hydroxylation is 1. The standard InChI is InChI=1S/C28H33N3O2S/c1-4-5-19-14-20(17-25(32-2)27(19)33-3)24-16-21-15-23(21)22-9-13-34-28(31-26(22)24)30-12-8-18-6-10-29-11-7-18/h6-7,10-11,14,16-17,21,26H,4-5,8-9,12-13,15H2,1-3H3,(H,30,31). The Morgan fingerprint density at radius 1 is 1.12 bits per heavy atom. The maximum Gasteiger partial charge on any atom is 0.163 e. The highest BCUT2D eigenvalue weighted by atomic mass is 32.2. The molecule has 5 rings (SSSR count). The second kappa shape index (κ2) is 10.3. The van der Waals surface area contributed by atoms with Crippen molar-refractivity contribution in [3.05, 3.63) is 70.6 Å². The molecule has 34 heavy (non-hydrogen) atoms. The summed E-state index contributed by atoms with van der Waals surface area (Å²) in [5, 5.41) is 4.88. The number of rotatable bonds is 8. The minimum Gasteiger partial charge on any atom is -0.493 e. The molecule has 0 spiro atoms. The van der Waals surface area contributed by atoms with Crippen molar-refractivity contribution in [2.24, 2.45) is 10.9 Å². The molecule has 2 heterocycles. The summed E-state index contributed by atoms with van der Waals surface area (Å²) in [6.07, 6.45) is 11.4. The number of fused-ring (bicyclic) bond motifs is 2. The molecule has 0 bridgehead atoms. The quantitative estimate of drug-likeness (QED) is 0.514. The van der Waals surface area contributed by atoms with Crippen LogP contribution in [0.3, 0.4) is 0 Å². The number of amidine groups is 1. The van der Waals surface area contributed by atoms with Gasteiger partial charge in [0.15, 0.2) is 16.7 Å². The monoisotopic (exact) mass is 475 g/mol. The Morgan fingerprint density at radius 3 is 2.74 bits per heavy atom. The van der Waals surface area contributed by atoms with E-state index >= 15 is 0 Å². The molecule has 6 heteroatoms. The van der Waals surface area contributed by atoms with Gasteiger partial charge >= 0.3 is 0 Å². The zero-order valence-electron chi connectivity index (χ0n) is 20.3. The second-order valence-corrected chi connectivity index (χ2v) is 10.2. The van der Waals surface area contributed by atoms with Gasteiger partial charge in [0.05, 0.1) is 20.3 Å². The molecule has 2 aliphatic carbocycles. The zero-order chi connectivity index (χ0) is 23.5. The predicted molar refractivity (Wildman–Crippen MR) is 141 cm³/mol. The summed E-state index contributed by atoms with van der Waals surface area (Å²) in [4.78, 5) is 9.07. The third-order valence-electron chi connectivity index (χ3n) is 6.87. The van der Waals surface area contributed by atoms with E-state index in [-0.39, 0.29) is 6.04 Å². The van der Waals surface area contributed by atoms with Gasteiger partial charge in [0.2, 0.25) is 0 Å². The highest BCUT2D eigenvalue weighted by molar-refractivity contribution is 8.13. The van der Waals surface area contributed by atoms with Crippen LogP contribution in [0.2, 0.25) is 0 Å². The first-order valence-corrected chi connectivity index (χ1v) is 13.2. The Balaban J connectivity index is 1.44. The van der Waals surface area contributed by atoms with Gasteiger partial charge in [-0.2, -0.15) is 0 Å². The Morgan fingerprint density at radius 2 is 1.97 bits per heavy atom. The fourth-order valence-electron chi connectivity index (χ4n) is 5.14. The number of nitrogens with zero attached hydrogens (tertiary/aromatic N) is 2. The van der Waals surface area contributed by atoms with Crippen LogP contribution in [-0.4, -0.2) is 42.7 Å². The number of aliphatic imine (C=N–C) groups is 1. The topological polar surface area (TPSA) is 55.7 Å². The molecule has 5 nitrogen and oxygen atoms in total. The number of nitrogens with one attached hydrogen (secondary N) is 1. The SMILES string of the molecule is CCCc1cc(C2=CC3CC3=C3CCSC(=NCCc4ccncc4)NC23)cc(OC)c1OC. The second-order valence-electron chi connectivity index (χ2n) is 9.07. The molecular formula is C28H33N3O2S. The minimum atomic E-state index is 0.177. The highest BCUT2D eigenvalue weighted by Crippen LogP contribution is 2.51. The number of aromatic nitrogens is 1. The van der Waals surface area contributed by atoms with Crippen molar-refractivity contribution < 1.29 is 9.47 Å². The van der Waals surface area contributed by atoms with Crippen molar-refractivity contribution in [2.45, 2.75) is 45.1 Å². The molecule has 1 saturated carbocycles. The van der Waals surface area contributed by atoms with E-state index < -0.39 is 0 Å². The van der Waals surface area contributed by atoms with Gasteiger partial charge in [-0.15, -0.1) is 0 Å². The zero-order valence-corrected chi connectivity index (χ0v) is 21.1. The molecule has 2 aromatic rings. The average Bonchev–Trinajstić information content (AvgIpc) is 3.66. The molecule has 1 saturated heterocycles. The van der Waals surface area contributed by atoms with Gasteiger partial charge in [0.1, 0.15) is 0 Å². The first kappa shape index (κ1) is 23.0. The van der Waals surface area contributed by atoms with Crippen molar-refractivity contribution in [3.63, 3.8) is 0 Å². The summed E-state index contributed by atoms with van der Waals surface area (Å²) in [5.41, 5.74) is 8.26. The van der Waals surface area contributed by atoms with Crippen molar-refractivity contribution in [1.29, 1.82) is 0 Å². The number of hydrogen-bond acceptors (Lipinski definition) is 5. The third-order valence-corrected chi connectivity index (χ3v) is 7.80. The maximum absolute atomic E-state index is 5.75. The van der Waals surface area contributed by atoms with E-state index in [4.69, 9.17) is 14.5 Å². The van der Waals surface area contributed by atoms with Gasteiger partial charge in [-0.25, -0.2) is 0 Å². The summed E-state index contributed by atoms with van der Waals surface area (Å²) < 4.78 is 11.5. The summed E-state index contributed by atoms with van der Waals surface area (Å²) in [7, 11) is 3.46. The van der Waals surface area contributed by atoms with Crippen LogP contribution in [0.1, 0.15) is 42.9 Å². The van der Waals surface area contributed by atoms with Gasteiger partial charge in [0, 0.05) is 30.6 Å². The molecule has 0 radical (unpaired) electrons. The number of ether oxygens (including phenoxy) is 2. The molecule has 2 fully saturated rings. The van der Waals surface area contributed by atoms with Gasteiger partial charge in [-0.1, -0.05) is 36.8 Å². The number of allylic oxidation sites excluding steroid dienone is 2. The lowest BCUT2D eigenvalue weighted by Crippen LogP contribution is -2.35. The molecule has 3 aliphatic rings. The molecule has 1 aromatic heterocycles. The smallest absolute Gasteiger partial charge is 0.163 e. The van der Waals surface area contributed by atoms with E-state index in [0.29, 0.717) is 5.92 Å². The molecule has 1 aromatic carbocycles. The number of thioether (sulfide) groups is 1. The van der Waals surface area contributed by atoms with Gasteiger partial charge in [-0.05, 0) is 77.8 Å². The molecule has 2 unspecified atom stereocenters. The number of benzene rings is 1. The van der Waals surface area contributed by atoms with Crippen LogP contribution >= 0.6 is 11.8 Å². The predicted octanol–water partition coefficient (Wildman–Crippen LogP) is 5.46. The largest absolute Gasteiger partial charge is 0.493 e. The lowest BCUT2D eigenvalue weighted by molar-refractivity contribution is 0.351. The first-order valence-electron chi connectivity index (χ1n) is 12.2. The average molecular weight is 476 g/mol. The minimum absolute atomic E-state index is 0.177. The van der Waals surface area contributed by atoms with Crippen molar-refractivity contribution >= 4 is 22.5 Å². The molecule has 1 aliphatic heterocycles. The van der Waals surface area contributed by atoms with E-state index in [1.54, 1.807) is 25.4 Å². The van der Waals surface area contributed by atoms with Crippen LogP contribution in [0, 0.1) is 5.92 Å². The Kier molecular flexibility index (Phi) is 6.95. The third kappa shape index (κ3) is 4.74. The number of pyridine rings is 1. The fraction of sp³-hybridized carbons (Fsp3) is 0.429. The van der Waals surface area contributed by atoms with E-state index in [0.717, 1.165) is 54.6 Å². The van der Waals surface area contributed by atoms with Crippen LogP contribution in [0.15, 0.2) is 58.9 Å². The van der Waals surface area contributed by atoms with Gasteiger partial charge in [0.25, 0.3) is 0 Å². The summed E-state index contributed by atoms with van der Waals surface area (Å²) in [5.74, 6) is 3.34. The van der Waals surface area contributed by atoms with Gasteiger partial charge in [-0.3, -0.25) is 9.98 Å². The van der Waals surface area contributed by atoms with Crippen LogP contribution in [0.25, 0.3) is 5.57 Å². The van der Waals surface area contributed by atoms with Crippen molar-refractivity contribution in [1.82, 2.24) is 10.3 Å². The lowest BCUT2D eigenvalue weighted by Gasteiger charge is -2.27. The van der Waals surface area contributed by atoms with E-state index in [1.165, 1.54) is 28.7 Å².